The van der Waals surface area contributed by atoms with E-state index in [0.29, 0.717) is 13.1 Å². The molecule has 0 amide bonds. The Hall–Kier alpha value is -0.820. The summed E-state index contributed by atoms with van der Waals surface area (Å²) in [5, 5.41) is 13.3. The van der Waals surface area contributed by atoms with Crippen molar-refractivity contribution >= 4 is 21.6 Å². The zero-order chi connectivity index (χ0) is 14.4. The third-order valence-electron chi connectivity index (χ3n) is 3.22. The summed E-state index contributed by atoms with van der Waals surface area (Å²) in [6.07, 6.45) is -0.405. The average Bonchev–Trinajstić information content (AvgIpc) is 2.45. The van der Waals surface area contributed by atoms with Gasteiger partial charge in [0, 0.05) is 42.4 Å². The van der Waals surface area contributed by atoms with E-state index in [1.807, 2.05) is 18.2 Å². The minimum Gasteiger partial charge on any atom is -0.497 e. The average molecular weight is 345 g/mol. The molecule has 2 rings (SSSR count). The second-order valence-electron chi connectivity index (χ2n) is 4.83. The highest BCUT2D eigenvalue weighted by molar-refractivity contribution is 9.10. The van der Waals surface area contributed by atoms with Gasteiger partial charge in [-0.15, -0.1) is 0 Å². The van der Waals surface area contributed by atoms with E-state index in [2.05, 4.69) is 26.1 Å². The molecule has 0 spiro atoms. The lowest BCUT2D eigenvalue weighted by Crippen LogP contribution is -2.42. The van der Waals surface area contributed by atoms with Gasteiger partial charge in [0.25, 0.3) is 0 Å². The van der Waals surface area contributed by atoms with Gasteiger partial charge in [-0.1, -0.05) is 15.9 Å². The summed E-state index contributed by atoms with van der Waals surface area (Å²) in [5.74, 6) is 0.782. The van der Waals surface area contributed by atoms with E-state index in [0.717, 1.165) is 42.2 Å². The van der Waals surface area contributed by atoms with Crippen molar-refractivity contribution in [3.05, 3.63) is 22.7 Å². The summed E-state index contributed by atoms with van der Waals surface area (Å²) in [6, 6.07) is 5.77. The number of hydrogen-bond acceptors (Lipinski definition) is 5. The number of hydrogen-bond donors (Lipinski definition) is 2. The van der Waals surface area contributed by atoms with Crippen molar-refractivity contribution in [3.63, 3.8) is 0 Å². The molecular formula is C14H21BrN2O3. The maximum atomic E-state index is 10.1. The number of methoxy groups -OCH3 is 1. The van der Waals surface area contributed by atoms with Crippen LogP contribution >= 0.6 is 15.9 Å². The number of rotatable bonds is 6. The van der Waals surface area contributed by atoms with Crippen molar-refractivity contribution < 1.29 is 14.6 Å². The molecule has 1 unspecified atom stereocenters. The molecule has 0 radical (unpaired) electrons. The molecule has 1 fully saturated rings. The summed E-state index contributed by atoms with van der Waals surface area (Å²) in [4.78, 5) is 2.22. The van der Waals surface area contributed by atoms with E-state index in [9.17, 15) is 5.11 Å². The number of ether oxygens (including phenoxy) is 2. The number of morpholine rings is 1. The van der Waals surface area contributed by atoms with Gasteiger partial charge in [-0.3, -0.25) is 4.90 Å². The fourth-order valence-electron chi connectivity index (χ4n) is 2.16. The quantitative estimate of drug-likeness (QED) is 0.820. The van der Waals surface area contributed by atoms with Gasteiger partial charge in [0.05, 0.1) is 26.4 Å². The third kappa shape index (κ3) is 4.94. The maximum Gasteiger partial charge on any atom is 0.122 e. The van der Waals surface area contributed by atoms with Gasteiger partial charge in [0.2, 0.25) is 0 Å². The van der Waals surface area contributed by atoms with Crippen molar-refractivity contribution in [3.8, 4) is 5.75 Å². The monoisotopic (exact) mass is 344 g/mol. The van der Waals surface area contributed by atoms with Crippen molar-refractivity contribution in [1.29, 1.82) is 0 Å². The molecule has 1 atom stereocenters. The van der Waals surface area contributed by atoms with Crippen LogP contribution in [-0.2, 0) is 4.74 Å². The van der Waals surface area contributed by atoms with Gasteiger partial charge < -0.3 is 19.9 Å². The van der Waals surface area contributed by atoms with Crippen LogP contribution in [0.1, 0.15) is 0 Å². The molecule has 6 heteroatoms. The van der Waals surface area contributed by atoms with Gasteiger partial charge in [0.1, 0.15) is 5.75 Å². The molecule has 1 heterocycles. The van der Waals surface area contributed by atoms with Crippen molar-refractivity contribution in [1.82, 2.24) is 4.90 Å². The van der Waals surface area contributed by atoms with Crippen LogP contribution in [0.2, 0.25) is 0 Å². The number of anilines is 1. The number of aliphatic hydroxyl groups is 1. The standard InChI is InChI=1S/C14H21BrN2O3/c1-19-14-7-11(15)6-12(8-14)16-9-13(18)10-17-2-4-20-5-3-17/h6-8,13,16,18H,2-5,9-10H2,1H3. The zero-order valence-electron chi connectivity index (χ0n) is 11.6. The van der Waals surface area contributed by atoms with Crippen molar-refractivity contribution in [2.45, 2.75) is 6.10 Å². The van der Waals surface area contributed by atoms with Gasteiger partial charge in [0.15, 0.2) is 0 Å². The Balaban J connectivity index is 1.80. The van der Waals surface area contributed by atoms with Crippen LogP contribution < -0.4 is 10.1 Å². The van der Waals surface area contributed by atoms with Crippen LogP contribution in [0.15, 0.2) is 22.7 Å². The maximum absolute atomic E-state index is 10.1. The van der Waals surface area contributed by atoms with Crippen molar-refractivity contribution in [2.24, 2.45) is 0 Å². The molecule has 112 valence electrons. The number of halogens is 1. The third-order valence-corrected chi connectivity index (χ3v) is 3.68. The highest BCUT2D eigenvalue weighted by Crippen LogP contribution is 2.24. The molecule has 20 heavy (non-hydrogen) atoms. The highest BCUT2D eigenvalue weighted by Gasteiger charge is 2.14. The van der Waals surface area contributed by atoms with Gasteiger partial charge in [-0.25, -0.2) is 0 Å². The molecule has 2 N–H and O–H groups in total. The summed E-state index contributed by atoms with van der Waals surface area (Å²) in [5.41, 5.74) is 0.928. The van der Waals surface area contributed by atoms with Gasteiger partial charge in [-0.2, -0.15) is 0 Å². The largest absolute Gasteiger partial charge is 0.497 e. The second-order valence-corrected chi connectivity index (χ2v) is 5.74. The predicted molar refractivity (Wildman–Crippen MR) is 82.4 cm³/mol. The normalized spacial score (nSPS) is 17.8. The summed E-state index contributed by atoms with van der Waals surface area (Å²) < 4.78 is 11.4. The molecular weight excluding hydrogens is 324 g/mol. The predicted octanol–water partition coefficient (Wildman–Crippen LogP) is 1.56. The first-order valence-corrected chi connectivity index (χ1v) is 7.53. The summed E-state index contributed by atoms with van der Waals surface area (Å²) >= 11 is 3.44. The van der Waals surface area contributed by atoms with E-state index in [1.54, 1.807) is 7.11 Å². The van der Waals surface area contributed by atoms with E-state index in [1.165, 1.54) is 0 Å². The molecule has 1 aliphatic rings. The first-order chi connectivity index (χ1) is 9.67. The van der Waals surface area contributed by atoms with Gasteiger partial charge in [-0.05, 0) is 12.1 Å². The van der Waals surface area contributed by atoms with Crippen LogP contribution in [0.5, 0.6) is 5.75 Å². The van der Waals surface area contributed by atoms with Crippen LogP contribution in [0, 0.1) is 0 Å². The Morgan fingerprint density at radius 1 is 1.40 bits per heavy atom. The smallest absolute Gasteiger partial charge is 0.122 e. The Morgan fingerprint density at radius 2 is 2.15 bits per heavy atom. The van der Waals surface area contributed by atoms with Crippen LogP contribution in [0.3, 0.4) is 0 Å². The number of β-amino-alcohol motifs (C(OH)–C–C–N with tert-alkyl or cyclic N) is 1. The zero-order valence-corrected chi connectivity index (χ0v) is 13.2. The van der Waals surface area contributed by atoms with E-state index < -0.39 is 6.10 Å². The van der Waals surface area contributed by atoms with E-state index in [-0.39, 0.29) is 0 Å². The fraction of sp³-hybridized carbons (Fsp3) is 0.571. The Kier molecular flexibility index (Phi) is 6.09. The number of aliphatic hydroxyl groups excluding tert-OH is 1. The Labute approximate surface area is 128 Å². The SMILES string of the molecule is COc1cc(Br)cc(NCC(O)CN2CCOCC2)c1. The summed E-state index contributed by atoms with van der Waals surface area (Å²) in [7, 11) is 1.64. The van der Waals surface area contributed by atoms with E-state index >= 15 is 0 Å². The molecule has 0 bridgehead atoms. The van der Waals surface area contributed by atoms with Crippen molar-refractivity contribution in [2.75, 3.05) is 51.8 Å². The molecule has 1 aromatic rings. The molecule has 1 aromatic carbocycles. The molecule has 0 aliphatic carbocycles. The molecule has 5 nitrogen and oxygen atoms in total. The first kappa shape index (κ1) is 15.6. The van der Waals surface area contributed by atoms with E-state index in [4.69, 9.17) is 9.47 Å². The molecule has 0 aromatic heterocycles. The fourth-order valence-corrected chi connectivity index (χ4v) is 2.64. The number of benzene rings is 1. The Bertz CT molecular complexity index is 425. The molecule has 1 saturated heterocycles. The lowest BCUT2D eigenvalue weighted by molar-refractivity contribution is 0.0171. The molecule has 0 saturated carbocycles. The minimum atomic E-state index is -0.405. The number of nitrogens with one attached hydrogen (secondary N) is 1. The highest BCUT2D eigenvalue weighted by atomic mass is 79.9. The van der Waals surface area contributed by atoms with Crippen LogP contribution in [-0.4, -0.2) is 62.6 Å². The van der Waals surface area contributed by atoms with Crippen LogP contribution in [0.4, 0.5) is 5.69 Å². The van der Waals surface area contributed by atoms with Gasteiger partial charge >= 0.3 is 0 Å². The minimum absolute atomic E-state index is 0.405. The Morgan fingerprint density at radius 3 is 2.85 bits per heavy atom. The first-order valence-electron chi connectivity index (χ1n) is 6.74. The van der Waals surface area contributed by atoms with Crippen LogP contribution in [0.25, 0.3) is 0 Å². The topological polar surface area (TPSA) is 54.0 Å². The molecule has 1 aliphatic heterocycles. The lowest BCUT2D eigenvalue weighted by Gasteiger charge is -2.28. The second kappa shape index (κ2) is 7.83. The lowest BCUT2D eigenvalue weighted by atomic mass is 10.2. The summed E-state index contributed by atoms with van der Waals surface area (Å²) in [6.45, 7) is 4.47. The number of nitrogens with zero attached hydrogens (tertiary/aromatic N) is 1.